The van der Waals surface area contributed by atoms with Crippen LogP contribution in [0.5, 0.6) is 5.75 Å². The van der Waals surface area contributed by atoms with Gasteiger partial charge in [0, 0.05) is 5.38 Å². The second kappa shape index (κ2) is 7.05. The smallest absolute Gasteiger partial charge is 0.311 e. The number of ether oxygens (including phenoxy) is 2. The fraction of sp³-hybridized carbons (Fsp3) is 0.333. The van der Waals surface area contributed by atoms with Crippen molar-refractivity contribution < 1.29 is 14.3 Å². The van der Waals surface area contributed by atoms with Crippen LogP contribution in [0.1, 0.15) is 23.2 Å². The van der Waals surface area contributed by atoms with Crippen LogP contribution in [-0.4, -0.2) is 18.1 Å². The third kappa shape index (κ3) is 3.81. The maximum absolute atomic E-state index is 11.2. The zero-order valence-electron chi connectivity index (χ0n) is 11.6. The minimum atomic E-state index is -0.279. The Balaban J connectivity index is 1.96. The number of methoxy groups -OCH3 is 1. The molecule has 20 heavy (non-hydrogen) atoms. The van der Waals surface area contributed by atoms with Crippen LogP contribution in [0.2, 0.25) is 0 Å². The molecule has 1 aromatic heterocycles. The summed E-state index contributed by atoms with van der Waals surface area (Å²) in [5.41, 5.74) is 1.91. The van der Waals surface area contributed by atoms with Gasteiger partial charge in [0.25, 0.3) is 0 Å². The summed E-state index contributed by atoms with van der Waals surface area (Å²) in [4.78, 5) is 15.5. The van der Waals surface area contributed by atoms with Crippen molar-refractivity contribution in [2.24, 2.45) is 0 Å². The van der Waals surface area contributed by atoms with Crippen LogP contribution in [0.15, 0.2) is 29.6 Å². The summed E-state index contributed by atoms with van der Waals surface area (Å²) in [5.74, 6) is 0.610. The number of aromatic nitrogens is 1. The molecule has 0 amide bonds. The molecule has 0 aliphatic carbocycles. The third-order valence-electron chi connectivity index (χ3n) is 2.86. The van der Waals surface area contributed by atoms with E-state index < -0.39 is 0 Å². The minimum absolute atomic E-state index is 0.207. The molecule has 1 heterocycles. The van der Waals surface area contributed by atoms with E-state index in [4.69, 9.17) is 4.74 Å². The zero-order chi connectivity index (χ0) is 14.4. The SMILES string of the molecule is CCc1ccccc1OCc1nc(CC(=O)OC)cs1. The summed E-state index contributed by atoms with van der Waals surface area (Å²) < 4.78 is 10.4. The van der Waals surface area contributed by atoms with Crippen molar-refractivity contribution in [3.8, 4) is 5.75 Å². The van der Waals surface area contributed by atoms with Crippen LogP contribution in [-0.2, 0) is 29.0 Å². The van der Waals surface area contributed by atoms with Crippen LogP contribution in [0.3, 0.4) is 0 Å². The summed E-state index contributed by atoms with van der Waals surface area (Å²) in [5, 5.41) is 2.72. The Kier molecular flexibility index (Phi) is 5.12. The van der Waals surface area contributed by atoms with E-state index in [0.29, 0.717) is 6.61 Å². The first-order valence-electron chi connectivity index (χ1n) is 6.43. The van der Waals surface area contributed by atoms with E-state index in [-0.39, 0.29) is 12.4 Å². The molecule has 0 aliphatic heterocycles. The molecular formula is C15H17NO3S. The highest BCUT2D eigenvalue weighted by molar-refractivity contribution is 7.09. The highest BCUT2D eigenvalue weighted by Gasteiger charge is 2.08. The Labute approximate surface area is 122 Å². The summed E-state index contributed by atoms with van der Waals surface area (Å²) in [7, 11) is 1.38. The number of nitrogens with zero attached hydrogens (tertiary/aromatic N) is 1. The fourth-order valence-corrected chi connectivity index (χ4v) is 2.50. The Morgan fingerprint density at radius 3 is 2.90 bits per heavy atom. The van der Waals surface area contributed by atoms with Gasteiger partial charge in [-0.3, -0.25) is 4.79 Å². The minimum Gasteiger partial charge on any atom is -0.486 e. The summed E-state index contributed by atoms with van der Waals surface area (Å²) in [6, 6.07) is 7.98. The molecule has 0 fully saturated rings. The van der Waals surface area contributed by atoms with Crippen molar-refractivity contribution in [2.45, 2.75) is 26.4 Å². The van der Waals surface area contributed by atoms with E-state index in [2.05, 4.69) is 22.7 Å². The second-order valence-electron chi connectivity index (χ2n) is 4.24. The Bertz CT molecular complexity index is 580. The van der Waals surface area contributed by atoms with Crippen LogP contribution < -0.4 is 4.74 Å². The van der Waals surface area contributed by atoms with Crippen LogP contribution in [0, 0.1) is 0 Å². The number of hydrogen-bond acceptors (Lipinski definition) is 5. The largest absolute Gasteiger partial charge is 0.486 e. The fourth-order valence-electron chi connectivity index (χ4n) is 1.79. The number of para-hydroxylation sites is 1. The molecule has 0 bridgehead atoms. The molecule has 5 heteroatoms. The number of hydrogen-bond donors (Lipinski definition) is 0. The highest BCUT2D eigenvalue weighted by Crippen LogP contribution is 2.20. The van der Waals surface area contributed by atoms with Gasteiger partial charge in [-0.2, -0.15) is 0 Å². The Hall–Kier alpha value is -1.88. The van der Waals surface area contributed by atoms with Crippen LogP contribution in [0.4, 0.5) is 0 Å². The molecule has 0 radical (unpaired) electrons. The predicted molar refractivity (Wildman–Crippen MR) is 78.0 cm³/mol. The van der Waals surface area contributed by atoms with E-state index >= 15 is 0 Å². The van der Waals surface area contributed by atoms with Crippen molar-refractivity contribution in [3.63, 3.8) is 0 Å². The monoisotopic (exact) mass is 291 g/mol. The summed E-state index contributed by atoms with van der Waals surface area (Å²) in [6.07, 6.45) is 1.14. The van der Waals surface area contributed by atoms with Crippen molar-refractivity contribution in [3.05, 3.63) is 45.9 Å². The van der Waals surface area contributed by atoms with Crippen LogP contribution >= 0.6 is 11.3 Å². The quantitative estimate of drug-likeness (QED) is 0.768. The first-order valence-corrected chi connectivity index (χ1v) is 7.31. The van der Waals surface area contributed by atoms with Gasteiger partial charge in [0.1, 0.15) is 17.4 Å². The molecular weight excluding hydrogens is 274 g/mol. The lowest BCUT2D eigenvalue weighted by molar-refractivity contribution is -0.139. The standard InChI is InChI=1S/C15H17NO3S/c1-3-11-6-4-5-7-13(11)19-9-14-16-12(10-20-14)8-15(17)18-2/h4-7,10H,3,8-9H2,1-2H3. The van der Waals surface area contributed by atoms with Crippen molar-refractivity contribution in [2.75, 3.05) is 7.11 Å². The van der Waals surface area contributed by atoms with E-state index in [0.717, 1.165) is 22.9 Å². The third-order valence-corrected chi connectivity index (χ3v) is 3.73. The molecule has 0 aliphatic rings. The first kappa shape index (κ1) is 14.5. The Morgan fingerprint density at radius 1 is 1.35 bits per heavy atom. The highest BCUT2D eigenvalue weighted by atomic mass is 32.1. The molecule has 106 valence electrons. The number of aryl methyl sites for hydroxylation is 1. The molecule has 2 rings (SSSR count). The van der Waals surface area contributed by atoms with Gasteiger partial charge in [-0.15, -0.1) is 11.3 Å². The second-order valence-corrected chi connectivity index (χ2v) is 5.18. The van der Waals surface area contributed by atoms with Crippen molar-refractivity contribution in [1.82, 2.24) is 4.98 Å². The topological polar surface area (TPSA) is 48.4 Å². The number of carbonyl (C=O) groups excluding carboxylic acids is 1. The average Bonchev–Trinajstić information content (AvgIpc) is 2.92. The number of esters is 1. The number of thiazole rings is 1. The van der Waals surface area contributed by atoms with Gasteiger partial charge in [-0.1, -0.05) is 25.1 Å². The Morgan fingerprint density at radius 2 is 2.15 bits per heavy atom. The summed E-state index contributed by atoms with van der Waals surface area (Å²) >= 11 is 1.49. The van der Waals surface area contributed by atoms with E-state index in [1.807, 2.05) is 23.6 Å². The molecule has 0 atom stereocenters. The number of carbonyl (C=O) groups is 1. The maximum Gasteiger partial charge on any atom is 0.311 e. The molecule has 0 unspecified atom stereocenters. The number of benzene rings is 1. The molecule has 2 aromatic rings. The average molecular weight is 291 g/mol. The molecule has 4 nitrogen and oxygen atoms in total. The van der Waals surface area contributed by atoms with E-state index in [9.17, 15) is 4.79 Å². The van der Waals surface area contributed by atoms with Gasteiger partial charge in [0.15, 0.2) is 0 Å². The van der Waals surface area contributed by atoms with Gasteiger partial charge in [0.05, 0.1) is 19.2 Å². The molecule has 0 saturated heterocycles. The number of rotatable bonds is 6. The predicted octanol–water partition coefficient (Wildman–Crippen LogP) is 3.00. The lowest BCUT2D eigenvalue weighted by atomic mass is 10.1. The van der Waals surface area contributed by atoms with Gasteiger partial charge >= 0.3 is 5.97 Å². The molecule has 1 aromatic carbocycles. The van der Waals surface area contributed by atoms with Gasteiger partial charge in [-0.25, -0.2) is 4.98 Å². The molecule has 0 N–H and O–H groups in total. The van der Waals surface area contributed by atoms with Crippen molar-refractivity contribution in [1.29, 1.82) is 0 Å². The maximum atomic E-state index is 11.2. The van der Waals surface area contributed by atoms with Gasteiger partial charge in [0.2, 0.25) is 0 Å². The van der Waals surface area contributed by atoms with E-state index in [1.165, 1.54) is 24.0 Å². The lowest BCUT2D eigenvalue weighted by Crippen LogP contribution is -2.05. The van der Waals surface area contributed by atoms with Gasteiger partial charge < -0.3 is 9.47 Å². The normalized spacial score (nSPS) is 10.3. The molecule has 0 saturated carbocycles. The summed E-state index contributed by atoms with van der Waals surface area (Å²) in [6.45, 7) is 2.52. The van der Waals surface area contributed by atoms with Crippen molar-refractivity contribution >= 4 is 17.3 Å². The lowest BCUT2D eigenvalue weighted by Gasteiger charge is -2.08. The first-order chi connectivity index (χ1) is 9.72. The van der Waals surface area contributed by atoms with Gasteiger partial charge in [-0.05, 0) is 18.1 Å². The zero-order valence-corrected chi connectivity index (χ0v) is 12.4. The van der Waals surface area contributed by atoms with Crippen LogP contribution in [0.25, 0.3) is 0 Å². The van der Waals surface area contributed by atoms with E-state index in [1.54, 1.807) is 0 Å². The molecule has 0 spiro atoms.